The molecule has 7 nitrogen and oxygen atoms in total. The average molecular weight is 295 g/mol. The largest absolute Gasteiger partial charge is 0.497 e. The number of carbonyl (C=O) groups is 2. The summed E-state index contributed by atoms with van der Waals surface area (Å²) >= 11 is 0. The van der Waals surface area contributed by atoms with Crippen molar-refractivity contribution in [1.82, 2.24) is 5.32 Å². The van der Waals surface area contributed by atoms with Crippen LogP contribution in [-0.4, -0.2) is 31.6 Å². The summed E-state index contributed by atoms with van der Waals surface area (Å²) in [7, 11) is 2.92. The summed E-state index contributed by atoms with van der Waals surface area (Å²) < 4.78 is 10.2. The van der Waals surface area contributed by atoms with Gasteiger partial charge in [-0.15, -0.1) is 0 Å². The fraction of sp³-hybridized carbons (Fsp3) is 0.429. The first-order valence-corrected chi connectivity index (χ1v) is 6.32. The van der Waals surface area contributed by atoms with Crippen molar-refractivity contribution in [1.29, 1.82) is 0 Å². The van der Waals surface area contributed by atoms with E-state index in [1.54, 1.807) is 19.9 Å². The van der Waals surface area contributed by atoms with E-state index in [-0.39, 0.29) is 17.7 Å². The molecular weight excluding hydrogens is 274 g/mol. The highest BCUT2D eigenvalue weighted by Crippen LogP contribution is 2.31. The van der Waals surface area contributed by atoms with E-state index in [0.29, 0.717) is 11.5 Å². The van der Waals surface area contributed by atoms with Gasteiger partial charge in [0.15, 0.2) is 0 Å². The molecule has 1 aromatic carbocycles. The second-order valence-electron chi connectivity index (χ2n) is 5.27. The number of nitrogens with two attached hydrogens (primary N) is 2. The summed E-state index contributed by atoms with van der Waals surface area (Å²) in [4.78, 5) is 23.4. The maximum Gasteiger partial charge on any atom is 0.254 e. The SMILES string of the molecule is COc1cc(OC)c(N)c(C(=O)NC(C)(C)CC(N)=O)c1. The third kappa shape index (κ3) is 4.27. The Morgan fingerprint density at radius 1 is 1.24 bits per heavy atom. The van der Waals surface area contributed by atoms with E-state index < -0.39 is 17.4 Å². The molecule has 0 saturated heterocycles. The molecule has 5 N–H and O–H groups in total. The minimum Gasteiger partial charge on any atom is -0.497 e. The van der Waals surface area contributed by atoms with Gasteiger partial charge in [0.05, 0.1) is 25.5 Å². The predicted octanol–water partition coefficient (Wildman–Crippen LogP) is 0.670. The zero-order valence-corrected chi connectivity index (χ0v) is 12.6. The van der Waals surface area contributed by atoms with Crippen LogP contribution in [0, 0.1) is 0 Å². The molecule has 0 heterocycles. The molecule has 0 atom stereocenters. The smallest absolute Gasteiger partial charge is 0.254 e. The van der Waals surface area contributed by atoms with Gasteiger partial charge in [0.25, 0.3) is 5.91 Å². The fourth-order valence-electron chi connectivity index (χ4n) is 1.93. The van der Waals surface area contributed by atoms with E-state index in [2.05, 4.69) is 5.32 Å². The number of nitrogens with one attached hydrogen (secondary N) is 1. The lowest BCUT2D eigenvalue weighted by Gasteiger charge is -2.25. The van der Waals surface area contributed by atoms with Crippen LogP contribution in [0.4, 0.5) is 5.69 Å². The first kappa shape index (κ1) is 16.6. The van der Waals surface area contributed by atoms with Gasteiger partial charge in [-0.3, -0.25) is 9.59 Å². The molecule has 0 unspecified atom stereocenters. The molecule has 0 bridgehead atoms. The Balaban J connectivity index is 3.09. The zero-order valence-electron chi connectivity index (χ0n) is 12.6. The lowest BCUT2D eigenvalue weighted by molar-refractivity contribution is -0.119. The number of hydrogen-bond donors (Lipinski definition) is 3. The average Bonchev–Trinajstić information content (AvgIpc) is 2.36. The van der Waals surface area contributed by atoms with Crippen molar-refractivity contribution >= 4 is 17.5 Å². The fourth-order valence-corrected chi connectivity index (χ4v) is 1.93. The number of benzene rings is 1. The van der Waals surface area contributed by atoms with E-state index in [0.717, 1.165) is 0 Å². The maximum atomic E-state index is 12.3. The van der Waals surface area contributed by atoms with Crippen LogP contribution in [0.5, 0.6) is 11.5 Å². The minimum absolute atomic E-state index is 0.0136. The molecule has 1 aromatic rings. The molecule has 0 radical (unpaired) electrons. The molecule has 2 amide bonds. The van der Waals surface area contributed by atoms with Crippen LogP contribution in [0.1, 0.15) is 30.6 Å². The number of anilines is 1. The molecule has 0 fully saturated rings. The number of methoxy groups -OCH3 is 2. The standard InChI is InChI=1S/C14H21N3O4/c1-14(2,7-11(15)18)17-13(19)9-5-8(20-3)6-10(21-4)12(9)16/h5-6H,7,16H2,1-4H3,(H2,15,18)(H,17,19). The van der Waals surface area contributed by atoms with Crippen LogP contribution >= 0.6 is 0 Å². The number of primary amides is 1. The Bertz CT molecular complexity index is 555. The van der Waals surface area contributed by atoms with Crippen LogP contribution in [-0.2, 0) is 4.79 Å². The molecule has 7 heteroatoms. The summed E-state index contributed by atoms with van der Waals surface area (Å²) in [6, 6.07) is 3.09. The van der Waals surface area contributed by atoms with Gasteiger partial charge in [0, 0.05) is 18.0 Å². The normalized spacial score (nSPS) is 10.9. The van der Waals surface area contributed by atoms with Gasteiger partial charge in [-0.2, -0.15) is 0 Å². The van der Waals surface area contributed by atoms with E-state index >= 15 is 0 Å². The van der Waals surface area contributed by atoms with Gasteiger partial charge in [-0.1, -0.05) is 0 Å². The van der Waals surface area contributed by atoms with Crippen molar-refractivity contribution in [3.8, 4) is 11.5 Å². The lowest BCUT2D eigenvalue weighted by atomic mass is 9.99. The molecular formula is C14H21N3O4. The van der Waals surface area contributed by atoms with Gasteiger partial charge in [0.2, 0.25) is 5.91 Å². The number of amides is 2. The summed E-state index contributed by atoms with van der Waals surface area (Å²) in [6.45, 7) is 3.40. The van der Waals surface area contributed by atoms with Gasteiger partial charge in [-0.25, -0.2) is 0 Å². The van der Waals surface area contributed by atoms with Crippen LogP contribution in [0.25, 0.3) is 0 Å². The van der Waals surface area contributed by atoms with Crippen molar-refractivity contribution in [3.05, 3.63) is 17.7 Å². The first-order valence-electron chi connectivity index (χ1n) is 6.32. The Morgan fingerprint density at radius 2 is 1.86 bits per heavy atom. The highest BCUT2D eigenvalue weighted by molar-refractivity contribution is 6.01. The van der Waals surface area contributed by atoms with Crippen LogP contribution in [0.3, 0.4) is 0 Å². The Kier molecular flexibility index (Phi) is 5.02. The summed E-state index contributed by atoms with van der Waals surface area (Å²) in [6.07, 6.45) is 0.0136. The number of nitrogen functional groups attached to an aromatic ring is 1. The topological polar surface area (TPSA) is 117 Å². The second kappa shape index (κ2) is 6.34. The first-order chi connectivity index (χ1) is 9.70. The quantitative estimate of drug-likeness (QED) is 0.667. The van der Waals surface area contributed by atoms with E-state index in [4.69, 9.17) is 20.9 Å². The molecule has 0 aliphatic rings. The highest BCUT2D eigenvalue weighted by Gasteiger charge is 2.25. The second-order valence-corrected chi connectivity index (χ2v) is 5.27. The van der Waals surface area contributed by atoms with E-state index in [1.165, 1.54) is 20.3 Å². The van der Waals surface area contributed by atoms with Crippen molar-refractivity contribution in [3.63, 3.8) is 0 Å². The molecule has 0 spiro atoms. The molecule has 21 heavy (non-hydrogen) atoms. The summed E-state index contributed by atoms with van der Waals surface area (Å²) in [5, 5.41) is 2.72. The molecule has 0 aliphatic heterocycles. The van der Waals surface area contributed by atoms with Gasteiger partial charge in [-0.05, 0) is 19.9 Å². The molecule has 0 aliphatic carbocycles. The number of rotatable bonds is 6. The Labute approximate surface area is 123 Å². The summed E-state index contributed by atoms with van der Waals surface area (Å²) in [5.41, 5.74) is 10.7. The van der Waals surface area contributed by atoms with Crippen LogP contribution < -0.4 is 26.3 Å². The zero-order chi connectivity index (χ0) is 16.2. The van der Waals surface area contributed by atoms with Crippen molar-refractivity contribution in [2.45, 2.75) is 25.8 Å². The Hall–Kier alpha value is -2.44. The molecule has 1 rings (SSSR count). The number of ether oxygens (including phenoxy) is 2. The predicted molar refractivity (Wildman–Crippen MR) is 79.3 cm³/mol. The monoisotopic (exact) mass is 295 g/mol. The third-order valence-electron chi connectivity index (χ3n) is 2.88. The molecule has 116 valence electrons. The van der Waals surface area contributed by atoms with E-state index in [9.17, 15) is 9.59 Å². The van der Waals surface area contributed by atoms with Gasteiger partial charge >= 0.3 is 0 Å². The van der Waals surface area contributed by atoms with Crippen molar-refractivity contribution < 1.29 is 19.1 Å². The van der Waals surface area contributed by atoms with E-state index in [1.807, 2.05) is 0 Å². The summed E-state index contributed by atoms with van der Waals surface area (Å²) in [5.74, 6) is -0.154. The Morgan fingerprint density at radius 3 is 2.33 bits per heavy atom. The van der Waals surface area contributed by atoms with Gasteiger partial charge in [0.1, 0.15) is 11.5 Å². The highest BCUT2D eigenvalue weighted by atomic mass is 16.5. The third-order valence-corrected chi connectivity index (χ3v) is 2.88. The number of hydrogen-bond acceptors (Lipinski definition) is 5. The lowest BCUT2D eigenvalue weighted by Crippen LogP contribution is -2.46. The number of carbonyl (C=O) groups excluding carboxylic acids is 2. The van der Waals surface area contributed by atoms with Crippen LogP contribution in [0.2, 0.25) is 0 Å². The van der Waals surface area contributed by atoms with Crippen molar-refractivity contribution in [2.24, 2.45) is 5.73 Å². The molecule has 0 saturated carbocycles. The minimum atomic E-state index is -0.786. The van der Waals surface area contributed by atoms with Crippen LogP contribution in [0.15, 0.2) is 12.1 Å². The molecule has 0 aromatic heterocycles. The van der Waals surface area contributed by atoms with Gasteiger partial charge < -0.3 is 26.3 Å². The van der Waals surface area contributed by atoms with Crippen molar-refractivity contribution in [2.75, 3.05) is 20.0 Å². The maximum absolute atomic E-state index is 12.3.